The average Bonchev–Trinajstić information content (AvgIpc) is 2.21. The lowest BCUT2D eigenvalue weighted by molar-refractivity contribution is 0.591. The van der Waals surface area contributed by atoms with E-state index in [0.29, 0.717) is 0 Å². The van der Waals surface area contributed by atoms with Gasteiger partial charge in [-0.2, -0.15) is 0 Å². The highest BCUT2D eigenvalue weighted by Gasteiger charge is 1.90. The van der Waals surface area contributed by atoms with Crippen LogP contribution in [-0.2, 0) is 0 Å². The third kappa shape index (κ3) is 9.79. The molecule has 14 heavy (non-hydrogen) atoms. The number of allylic oxidation sites excluding steroid dienone is 1. The number of rotatable bonds is 9. The summed E-state index contributed by atoms with van der Waals surface area (Å²) in [6.07, 6.45) is 13.2. The van der Waals surface area contributed by atoms with Gasteiger partial charge in [0.05, 0.1) is 0 Å². The van der Waals surface area contributed by atoms with E-state index >= 15 is 0 Å². The van der Waals surface area contributed by atoms with Gasteiger partial charge in [-0.25, -0.2) is 0 Å². The molecule has 0 aliphatic heterocycles. The van der Waals surface area contributed by atoms with E-state index in [1.165, 1.54) is 56.9 Å². The molecule has 0 aromatic carbocycles. The molecule has 0 amide bonds. The van der Waals surface area contributed by atoms with Crippen molar-refractivity contribution in [3.8, 4) is 0 Å². The molecule has 0 aromatic rings. The summed E-state index contributed by atoms with van der Waals surface area (Å²) in [6, 6.07) is 0. The average molecular weight is 197 g/mol. The van der Waals surface area contributed by atoms with Crippen molar-refractivity contribution in [1.82, 2.24) is 0 Å². The van der Waals surface area contributed by atoms with Gasteiger partial charge in [0.2, 0.25) is 0 Å². The fourth-order valence-electron chi connectivity index (χ4n) is 1.53. The Labute approximate surface area is 89.8 Å². The van der Waals surface area contributed by atoms with Crippen LogP contribution in [0.5, 0.6) is 0 Å². The third-order valence-electron chi connectivity index (χ3n) is 2.62. The molecular weight excluding hydrogens is 170 g/mol. The number of nitrogens with two attached hydrogens (primary N) is 1. The Hall–Kier alpha value is -0.300. The highest BCUT2D eigenvalue weighted by molar-refractivity contribution is 4.98. The normalized spacial score (nSPS) is 12.1. The largest absolute Gasteiger partial charge is 0.327 e. The summed E-state index contributed by atoms with van der Waals surface area (Å²) in [6.45, 7) is 5.10. The van der Waals surface area contributed by atoms with Gasteiger partial charge in [-0.3, -0.25) is 0 Å². The summed E-state index contributed by atoms with van der Waals surface area (Å²) in [5.74, 6) is 0. The maximum Gasteiger partial charge on any atom is 0.0134 e. The third-order valence-corrected chi connectivity index (χ3v) is 2.62. The molecule has 0 aromatic heterocycles. The van der Waals surface area contributed by atoms with E-state index in [-0.39, 0.29) is 0 Å². The minimum atomic E-state index is 0.719. The van der Waals surface area contributed by atoms with Gasteiger partial charge in [0.1, 0.15) is 0 Å². The second-order valence-corrected chi connectivity index (χ2v) is 4.16. The lowest BCUT2D eigenvalue weighted by Crippen LogP contribution is -1.99. The zero-order valence-electron chi connectivity index (χ0n) is 10.0. The van der Waals surface area contributed by atoms with Crippen molar-refractivity contribution < 1.29 is 0 Å². The first kappa shape index (κ1) is 13.7. The first-order valence-electron chi connectivity index (χ1n) is 6.17. The van der Waals surface area contributed by atoms with Crippen molar-refractivity contribution in [2.45, 2.75) is 65.2 Å². The Morgan fingerprint density at radius 2 is 1.57 bits per heavy atom. The van der Waals surface area contributed by atoms with Crippen molar-refractivity contribution in [1.29, 1.82) is 0 Å². The Morgan fingerprint density at radius 3 is 2.14 bits per heavy atom. The molecule has 0 saturated carbocycles. The molecular formula is C13H27N. The van der Waals surface area contributed by atoms with E-state index < -0.39 is 0 Å². The summed E-state index contributed by atoms with van der Waals surface area (Å²) in [4.78, 5) is 0. The van der Waals surface area contributed by atoms with Gasteiger partial charge in [-0.1, -0.05) is 57.1 Å². The van der Waals surface area contributed by atoms with Crippen LogP contribution in [0.3, 0.4) is 0 Å². The molecule has 0 saturated heterocycles. The van der Waals surface area contributed by atoms with E-state index in [9.17, 15) is 0 Å². The highest BCUT2D eigenvalue weighted by Crippen LogP contribution is 2.09. The minimum absolute atomic E-state index is 0.719. The van der Waals surface area contributed by atoms with Crippen molar-refractivity contribution in [2.24, 2.45) is 5.73 Å². The van der Waals surface area contributed by atoms with Gasteiger partial charge in [0.25, 0.3) is 0 Å². The zero-order chi connectivity index (χ0) is 10.6. The van der Waals surface area contributed by atoms with E-state index in [1.54, 1.807) is 0 Å². The first-order valence-corrected chi connectivity index (χ1v) is 6.17. The summed E-state index contributed by atoms with van der Waals surface area (Å²) >= 11 is 0. The molecule has 2 N–H and O–H groups in total. The molecule has 0 radical (unpaired) electrons. The van der Waals surface area contributed by atoms with Crippen LogP contribution in [-0.4, -0.2) is 6.54 Å². The smallest absolute Gasteiger partial charge is 0.0134 e. The van der Waals surface area contributed by atoms with Crippen molar-refractivity contribution >= 4 is 0 Å². The van der Waals surface area contributed by atoms with Crippen LogP contribution in [0.25, 0.3) is 0 Å². The minimum Gasteiger partial charge on any atom is -0.327 e. The predicted molar refractivity (Wildman–Crippen MR) is 65.4 cm³/mol. The molecule has 0 aliphatic carbocycles. The number of hydrogen-bond donors (Lipinski definition) is 1. The van der Waals surface area contributed by atoms with Crippen LogP contribution in [0.1, 0.15) is 65.2 Å². The molecule has 0 spiro atoms. The number of unbranched alkanes of at least 4 members (excludes halogenated alkanes) is 7. The fraction of sp³-hybridized carbons (Fsp3) is 0.846. The first-order chi connectivity index (χ1) is 6.81. The van der Waals surface area contributed by atoms with Gasteiger partial charge in [-0.05, 0) is 19.8 Å². The Balaban J connectivity index is 3.06. The molecule has 0 atom stereocenters. The van der Waals surface area contributed by atoms with E-state index in [4.69, 9.17) is 5.73 Å². The van der Waals surface area contributed by atoms with Gasteiger partial charge in [-0.15, -0.1) is 0 Å². The molecule has 84 valence electrons. The van der Waals surface area contributed by atoms with Crippen LogP contribution >= 0.6 is 0 Å². The van der Waals surface area contributed by atoms with Crippen LogP contribution < -0.4 is 5.73 Å². The lowest BCUT2D eigenvalue weighted by Gasteiger charge is -1.99. The Bertz CT molecular complexity index is 138. The van der Waals surface area contributed by atoms with Crippen molar-refractivity contribution in [3.05, 3.63) is 11.6 Å². The van der Waals surface area contributed by atoms with Crippen LogP contribution in [0.15, 0.2) is 11.6 Å². The van der Waals surface area contributed by atoms with Gasteiger partial charge < -0.3 is 5.73 Å². The van der Waals surface area contributed by atoms with Gasteiger partial charge in [0.15, 0.2) is 0 Å². The van der Waals surface area contributed by atoms with E-state index in [1.807, 2.05) is 0 Å². The summed E-state index contributed by atoms with van der Waals surface area (Å²) in [5.41, 5.74) is 6.83. The Morgan fingerprint density at radius 1 is 1.00 bits per heavy atom. The topological polar surface area (TPSA) is 26.0 Å². The second kappa shape index (κ2) is 10.8. The van der Waals surface area contributed by atoms with Gasteiger partial charge >= 0.3 is 0 Å². The summed E-state index contributed by atoms with van der Waals surface area (Å²) in [5, 5.41) is 0. The monoisotopic (exact) mass is 197 g/mol. The molecule has 0 fully saturated rings. The molecule has 0 unspecified atom stereocenters. The lowest BCUT2D eigenvalue weighted by atomic mass is 10.1. The predicted octanol–water partition coefficient (Wildman–Crippen LogP) is 4.03. The van der Waals surface area contributed by atoms with Crippen molar-refractivity contribution in [3.63, 3.8) is 0 Å². The number of hydrogen-bond acceptors (Lipinski definition) is 1. The van der Waals surface area contributed by atoms with Crippen LogP contribution in [0, 0.1) is 0 Å². The van der Waals surface area contributed by atoms with Crippen LogP contribution in [0.2, 0.25) is 0 Å². The maximum atomic E-state index is 5.50. The molecule has 1 nitrogen and oxygen atoms in total. The van der Waals surface area contributed by atoms with Gasteiger partial charge in [0, 0.05) is 6.54 Å². The standard InChI is InChI=1S/C13H27N/c1-3-4-5-6-7-8-9-10-11-13(2)12-14/h11H,3-10,12,14H2,1-2H3/b13-11-. The zero-order valence-corrected chi connectivity index (χ0v) is 10.0. The SMILES string of the molecule is CCCCCCCCC/C=C(/C)CN. The molecule has 0 heterocycles. The fourth-order valence-corrected chi connectivity index (χ4v) is 1.53. The molecule has 0 rings (SSSR count). The summed E-state index contributed by atoms with van der Waals surface area (Å²) < 4.78 is 0. The molecule has 0 bridgehead atoms. The Kier molecular flexibility index (Phi) is 10.5. The highest BCUT2D eigenvalue weighted by atomic mass is 14.5. The maximum absolute atomic E-state index is 5.50. The molecule has 0 aliphatic rings. The van der Waals surface area contributed by atoms with Crippen LogP contribution in [0.4, 0.5) is 0 Å². The van der Waals surface area contributed by atoms with E-state index in [2.05, 4.69) is 19.9 Å². The second-order valence-electron chi connectivity index (χ2n) is 4.16. The molecule has 1 heteroatoms. The quantitative estimate of drug-likeness (QED) is 0.438. The van der Waals surface area contributed by atoms with Crippen molar-refractivity contribution in [2.75, 3.05) is 6.54 Å². The van der Waals surface area contributed by atoms with E-state index in [0.717, 1.165) is 6.54 Å². The summed E-state index contributed by atoms with van der Waals surface area (Å²) in [7, 11) is 0.